The number of unbranched alkanes of at least 4 members (excludes halogenated alkanes) is 4. The maximum absolute atomic E-state index is 12.5. The Bertz CT molecular complexity index is 770. The number of hydrogen-bond acceptors (Lipinski definition) is 7. The van der Waals surface area contributed by atoms with E-state index in [9.17, 15) is 24.3 Å². The quantitative estimate of drug-likeness (QED) is 0.0889. The van der Waals surface area contributed by atoms with E-state index in [-0.39, 0.29) is 43.7 Å². The van der Waals surface area contributed by atoms with E-state index in [1.807, 2.05) is 6.08 Å². The Hall–Kier alpha value is -2.23. The van der Waals surface area contributed by atoms with Crippen LogP contribution >= 0.6 is 11.6 Å². The van der Waals surface area contributed by atoms with E-state index in [0.717, 1.165) is 12.8 Å². The zero-order chi connectivity index (χ0) is 28.8. The van der Waals surface area contributed by atoms with Crippen molar-refractivity contribution in [2.45, 2.75) is 96.2 Å². The molecule has 0 saturated heterocycles. The largest absolute Gasteiger partial charge is 0.469 e. The van der Waals surface area contributed by atoms with Crippen LogP contribution in [0.25, 0.3) is 0 Å². The average Bonchev–Trinajstić information content (AvgIpc) is 2.89. The molecule has 0 spiro atoms. The Morgan fingerprint density at radius 2 is 1.76 bits per heavy atom. The van der Waals surface area contributed by atoms with E-state index in [1.165, 1.54) is 49.6 Å². The van der Waals surface area contributed by atoms with Gasteiger partial charge < -0.3 is 24.8 Å². The Kier molecular flexibility index (Phi) is 21.4. The highest BCUT2D eigenvalue weighted by Gasteiger charge is 2.17. The monoisotopic (exact) mass is 558 g/mol. The van der Waals surface area contributed by atoms with Gasteiger partial charge in [0.25, 0.3) is 0 Å². The molecule has 218 valence electrons. The fourth-order valence-electron chi connectivity index (χ4n) is 3.73. The number of aliphatic hydroxyl groups excluding tert-OH is 1. The molecule has 0 rings (SSSR count). The van der Waals surface area contributed by atoms with Gasteiger partial charge in [0.15, 0.2) is 0 Å². The Balaban J connectivity index is 4.30. The number of halogens is 1. The predicted octanol–water partition coefficient (Wildman–Crippen LogP) is 4.06. The summed E-state index contributed by atoms with van der Waals surface area (Å²) in [6.07, 6.45) is 11.4. The molecule has 0 aromatic heterocycles. The molecule has 0 unspecified atom stereocenters. The first-order valence-electron chi connectivity index (χ1n) is 13.4. The predicted molar refractivity (Wildman–Crippen MR) is 149 cm³/mol. The van der Waals surface area contributed by atoms with Crippen molar-refractivity contribution in [2.75, 3.05) is 34.4 Å². The molecule has 0 aliphatic rings. The van der Waals surface area contributed by atoms with Crippen molar-refractivity contribution in [3.05, 3.63) is 23.3 Å². The van der Waals surface area contributed by atoms with Crippen LogP contribution in [0.4, 0.5) is 0 Å². The molecule has 0 heterocycles. The van der Waals surface area contributed by atoms with Crippen molar-refractivity contribution in [1.82, 2.24) is 10.2 Å². The number of amides is 2. The van der Waals surface area contributed by atoms with Crippen LogP contribution in [0.5, 0.6) is 0 Å². The van der Waals surface area contributed by atoms with Gasteiger partial charge in [-0.2, -0.15) is 0 Å². The Morgan fingerprint density at radius 1 is 1.05 bits per heavy atom. The zero-order valence-corrected chi connectivity index (χ0v) is 24.3. The summed E-state index contributed by atoms with van der Waals surface area (Å²) in [6.45, 7) is 2.22. The fourth-order valence-corrected chi connectivity index (χ4v) is 3.88. The number of hydrogen-bond donors (Lipinski definition) is 2. The second-order valence-corrected chi connectivity index (χ2v) is 9.67. The second-order valence-electron chi connectivity index (χ2n) is 9.45. The van der Waals surface area contributed by atoms with Gasteiger partial charge in [0, 0.05) is 45.6 Å². The lowest BCUT2D eigenvalue weighted by molar-refractivity contribution is -0.143. The summed E-state index contributed by atoms with van der Waals surface area (Å²) in [4.78, 5) is 49.3. The van der Waals surface area contributed by atoms with Gasteiger partial charge in [-0.3, -0.25) is 19.2 Å². The van der Waals surface area contributed by atoms with E-state index in [1.54, 1.807) is 14.2 Å². The minimum atomic E-state index is -1.10. The number of methoxy groups -OCH3 is 2. The van der Waals surface area contributed by atoms with Crippen molar-refractivity contribution in [1.29, 1.82) is 0 Å². The highest BCUT2D eigenvalue weighted by Crippen LogP contribution is 2.13. The Labute approximate surface area is 232 Å². The molecular weight excluding hydrogens is 512 g/mol. The van der Waals surface area contributed by atoms with Gasteiger partial charge in [0.2, 0.25) is 11.8 Å². The summed E-state index contributed by atoms with van der Waals surface area (Å²) in [6, 6.07) is 0. The molecule has 0 saturated carbocycles. The van der Waals surface area contributed by atoms with Gasteiger partial charge >= 0.3 is 5.97 Å². The third-order valence-electron chi connectivity index (χ3n) is 6.02. The third kappa shape index (κ3) is 18.9. The Morgan fingerprint density at radius 3 is 2.39 bits per heavy atom. The lowest BCUT2D eigenvalue weighted by Gasteiger charge is -2.18. The molecule has 2 amide bonds. The summed E-state index contributed by atoms with van der Waals surface area (Å²) in [5.41, 5.74) is 1.77. The van der Waals surface area contributed by atoms with Crippen LogP contribution in [0, 0.1) is 0 Å². The first kappa shape index (κ1) is 35.8. The molecular formula is C28H47ClN2O7. The van der Waals surface area contributed by atoms with E-state index >= 15 is 0 Å². The molecule has 0 radical (unpaired) electrons. The molecule has 38 heavy (non-hydrogen) atoms. The second kappa shape index (κ2) is 22.7. The number of carbonyl (C=O) groups excluding carboxylic acids is 4. The molecule has 2 N–H and O–H groups in total. The number of likely N-dealkylation sites (N-methyl/N-ethyl adjacent to an activating group) is 1. The number of nitrogens with zero attached hydrogens (tertiary/aromatic N) is 1. The lowest BCUT2D eigenvalue weighted by Crippen LogP contribution is -2.34. The number of ether oxygens (including phenoxy) is 2. The summed E-state index contributed by atoms with van der Waals surface area (Å²) < 4.78 is 9.99. The number of rotatable bonds is 22. The average molecular weight is 559 g/mol. The number of nitrogens with one attached hydrogen (secondary N) is 1. The van der Waals surface area contributed by atoms with E-state index < -0.39 is 24.4 Å². The molecule has 9 nitrogen and oxygen atoms in total. The molecule has 0 fully saturated rings. The van der Waals surface area contributed by atoms with Gasteiger partial charge in [0.05, 0.1) is 32.2 Å². The van der Waals surface area contributed by atoms with Gasteiger partial charge in [-0.25, -0.2) is 0 Å². The third-order valence-corrected chi connectivity index (χ3v) is 6.33. The van der Waals surface area contributed by atoms with Crippen LogP contribution in [-0.4, -0.2) is 80.1 Å². The van der Waals surface area contributed by atoms with Crippen molar-refractivity contribution < 1.29 is 33.8 Å². The SMILES string of the molecule is CCCCCCC[C@@H](C/C=C/CCC(=O)N(C)C/C(=C\Cl)CC(=O)CC(=O)NC[C@H](O)CC(=O)OC)OC. The first-order chi connectivity index (χ1) is 18.2. The van der Waals surface area contributed by atoms with Gasteiger partial charge in [-0.15, -0.1) is 0 Å². The topological polar surface area (TPSA) is 122 Å². The summed E-state index contributed by atoms with van der Waals surface area (Å²) in [7, 11) is 4.58. The number of ketones is 1. The molecule has 10 heteroatoms. The van der Waals surface area contributed by atoms with Gasteiger partial charge in [0.1, 0.15) is 5.78 Å². The smallest absolute Gasteiger partial charge is 0.308 e. The maximum atomic E-state index is 12.5. The normalized spacial score (nSPS) is 13.3. The highest BCUT2D eigenvalue weighted by atomic mass is 35.5. The van der Waals surface area contributed by atoms with Crippen molar-refractivity contribution in [3.8, 4) is 0 Å². The van der Waals surface area contributed by atoms with Gasteiger partial charge in [-0.1, -0.05) is 62.8 Å². The summed E-state index contributed by atoms with van der Waals surface area (Å²) >= 11 is 5.86. The zero-order valence-electron chi connectivity index (χ0n) is 23.5. The standard InChI is InChI=1S/C28H47ClN2O7/c1-5-6-7-8-10-13-25(37-3)14-11-9-12-15-27(35)31(2)21-22(19-29)16-23(32)17-26(34)30-20-24(33)18-28(36)38-4/h9,11,19,24-25,33H,5-8,10,12-18,20-21H2,1-4H3,(H,30,34)/b11-9+,22-19-/t24-,25+/m1/s1. The number of esters is 1. The highest BCUT2D eigenvalue weighted by molar-refractivity contribution is 6.26. The van der Waals surface area contributed by atoms with Crippen LogP contribution in [0.2, 0.25) is 0 Å². The van der Waals surface area contributed by atoms with E-state index in [2.05, 4.69) is 23.1 Å². The minimum Gasteiger partial charge on any atom is -0.469 e. The fraction of sp³-hybridized carbons (Fsp3) is 0.714. The van der Waals surface area contributed by atoms with Crippen LogP contribution in [-0.2, 0) is 28.7 Å². The van der Waals surface area contributed by atoms with Crippen molar-refractivity contribution in [2.24, 2.45) is 0 Å². The lowest BCUT2D eigenvalue weighted by atomic mass is 10.1. The molecule has 0 aliphatic carbocycles. The maximum Gasteiger partial charge on any atom is 0.308 e. The number of allylic oxidation sites excluding steroid dienone is 1. The number of aliphatic hydroxyl groups is 1. The van der Waals surface area contributed by atoms with E-state index in [4.69, 9.17) is 16.3 Å². The van der Waals surface area contributed by atoms with Crippen molar-refractivity contribution >= 4 is 35.2 Å². The number of Topliss-reactive ketones (excluding diaryl/α,β-unsaturated/α-hetero) is 1. The summed E-state index contributed by atoms with van der Waals surface area (Å²) in [5.74, 6) is -1.62. The summed E-state index contributed by atoms with van der Waals surface area (Å²) in [5, 5.41) is 12.1. The molecule has 0 aromatic carbocycles. The molecule has 2 atom stereocenters. The first-order valence-corrected chi connectivity index (χ1v) is 13.8. The van der Waals surface area contributed by atoms with E-state index in [0.29, 0.717) is 18.4 Å². The molecule has 0 aromatic rings. The number of carbonyl (C=O) groups is 4. The van der Waals surface area contributed by atoms with Crippen LogP contribution < -0.4 is 5.32 Å². The van der Waals surface area contributed by atoms with Gasteiger partial charge in [-0.05, 0) is 24.8 Å². The minimum absolute atomic E-state index is 0.0734. The van der Waals surface area contributed by atoms with Crippen LogP contribution in [0.15, 0.2) is 23.3 Å². The van der Waals surface area contributed by atoms with Crippen molar-refractivity contribution in [3.63, 3.8) is 0 Å². The van der Waals surface area contributed by atoms with Crippen LogP contribution in [0.1, 0.15) is 84.0 Å². The molecule has 0 aliphatic heterocycles. The van der Waals surface area contributed by atoms with Crippen LogP contribution in [0.3, 0.4) is 0 Å². The molecule has 0 bridgehead atoms.